The van der Waals surface area contributed by atoms with E-state index in [0.717, 1.165) is 45.0 Å². The Morgan fingerprint density at radius 3 is 3.07 bits per heavy atom. The number of rotatable bonds is 6. The Hall–Kier alpha value is 0.0300. The molecule has 0 amide bonds. The third kappa shape index (κ3) is 6.25. The quantitative estimate of drug-likeness (QED) is 0.639. The van der Waals surface area contributed by atoms with Crippen molar-refractivity contribution in [1.29, 1.82) is 0 Å². The van der Waals surface area contributed by atoms with Crippen molar-refractivity contribution in [3.63, 3.8) is 0 Å². The summed E-state index contributed by atoms with van der Waals surface area (Å²) in [5.41, 5.74) is 0. The van der Waals surface area contributed by atoms with Gasteiger partial charge < -0.3 is 15.0 Å². The Balaban J connectivity index is 1.97. The van der Waals surface area contributed by atoms with Crippen LogP contribution in [0.2, 0.25) is 0 Å². The maximum absolute atomic E-state index is 10.8. The second-order valence-corrected chi connectivity index (χ2v) is 5.64. The zero-order valence-electron chi connectivity index (χ0n) is 9.70. The molecule has 0 saturated carbocycles. The number of hydrogen-bond acceptors (Lipinski definition) is 4. The summed E-state index contributed by atoms with van der Waals surface area (Å²) in [6.45, 7) is 4.71. The molecular weight excluding hydrogens is 212 g/mol. The minimum absolute atomic E-state index is 0.316. The summed E-state index contributed by atoms with van der Waals surface area (Å²) in [7, 11) is 1.46. The van der Waals surface area contributed by atoms with E-state index in [-0.39, 0.29) is 0 Å². The molecule has 0 aromatic carbocycles. The number of hydrogen-bond donors (Lipinski definition) is 1. The normalized spacial score (nSPS) is 25.3. The molecule has 90 valence electrons. The fourth-order valence-corrected chi connectivity index (χ4v) is 2.20. The van der Waals surface area contributed by atoms with E-state index in [0.29, 0.717) is 6.10 Å². The second kappa shape index (κ2) is 7.33. The monoisotopic (exact) mass is 234 g/mol. The lowest BCUT2D eigenvalue weighted by Gasteiger charge is -2.30. The van der Waals surface area contributed by atoms with Crippen LogP contribution in [0.15, 0.2) is 0 Å². The first-order valence-corrected chi connectivity index (χ1v) is 7.22. The van der Waals surface area contributed by atoms with Gasteiger partial charge >= 0.3 is 0 Å². The number of likely N-dealkylation sites (N-methyl/N-ethyl adjacent to an activating group) is 1. The van der Waals surface area contributed by atoms with Gasteiger partial charge in [0.25, 0.3) is 0 Å². The maximum Gasteiger partial charge on any atom is 0.0826 e. The molecule has 0 aliphatic carbocycles. The predicted molar refractivity (Wildman–Crippen MR) is 63.7 cm³/mol. The lowest BCUT2D eigenvalue weighted by Crippen LogP contribution is -2.45. The van der Waals surface area contributed by atoms with Crippen LogP contribution >= 0.6 is 0 Å². The van der Waals surface area contributed by atoms with Crippen LogP contribution in [0, 0.1) is 0 Å². The molecule has 1 saturated heterocycles. The van der Waals surface area contributed by atoms with E-state index >= 15 is 0 Å². The number of ether oxygens (including phenoxy) is 1. The van der Waals surface area contributed by atoms with Crippen LogP contribution in [0.5, 0.6) is 0 Å². The smallest absolute Gasteiger partial charge is 0.0826 e. The van der Waals surface area contributed by atoms with Crippen LogP contribution in [-0.2, 0) is 15.5 Å². The molecule has 0 aromatic rings. The highest BCUT2D eigenvalue weighted by molar-refractivity contribution is 7.84. The fourth-order valence-electron chi connectivity index (χ4n) is 1.65. The summed E-state index contributed by atoms with van der Waals surface area (Å²) in [6, 6.07) is 0. The maximum atomic E-state index is 10.8. The molecule has 4 nitrogen and oxygen atoms in total. The average molecular weight is 234 g/mol. The summed E-state index contributed by atoms with van der Waals surface area (Å²) < 4.78 is 16.4. The van der Waals surface area contributed by atoms with Gasteiger partial charge in [-0.2, -0.15) is 0 Å². The molecule has 15 heavy (non-hydrogen) atoms. The topological polar surface area (TPSA) is 41.6 Å². The molecule has 1 rings (SSSR count). The van der Waals surface area contributed by atoms with Crippen LogP contribution in [0.3, 0.4) is 0 Å². The number of nitrogens with one attached hydrogen (secondary N) is 1. The zero-order chi connectivity index (χ0) is 11.1. The third-order valence-electron chi connectivity index (χ3n) is 2.50. The Kier molecular flexibility index (Phi) is 6.40. The van der Waals surface area contributed by atoms with Gasteiger partial charge in [0.05, 0.1) is 12.7 Å². The Morgan fingerprint density at radius 1 is 1.60 bits per heavy atom. The van der Waals surface area contributed by atoms with Gasteiger partial charge in [0, 0.05) is 42.4 Å². The highest BCUT2D eigenvalue weighted by Crippen LogP contribution is 2.01. The van der Waals surface area contributed by atoms with Crippen LogP contribution in [-0.4, -0.2) is 67.1 Å². The highest BCUT2D eigenvalue weighted by atomic mass is 32.2. The van der Waals surface area contributed by atoms with Gasteiger partial charge in [-0.15, -0.1) is 0 Å². The van der Waals surface area contributed by atoms with Crippen molar-refractivity contribution in [1.82, 2.24) is 10.2 Å². The van der Waals surface area contributed by atoms with Crippen molar-refractivity contribution >= 4 is 10.8 Å². The van der Waals surface area contributed by atoms with Crippen molar-refractivity contribution in [2.75, 3.05) is 51.8 Å². The molecule has 1 fully saturated rings. The van der Waals surface area contributed by atoms with Crippen LogP contribution in [0.25, 0.3) is 0 Å². The number of nitrogens with zero attached hydrogens (tertiary/aromatic N) is 1. The van der Waals surface area contributed by atoms with Gasteiger partial charge in [-0.1, -0.05) is 0 Å². The molecule has 1 N–H and O–H groups in total. The number of morpholine rings is 1. The van der Waals surface area contributed by atoms with Crippen LogP contribution < -0.4 is 5.32 Å². The molecule has 1 aliphatic rings. The van der Waals surface area contributed by atoms with Crippen molar-refractivity contribution in [2.45, 2.75) is 12.5 Å². The summed E-state index contributed by atoms with van der Waals surface area (Å²) in [4.78, 5) is 2.29. The first-order chi connectivity index (χ1) is 7.18. The van der Waals surface area contributed by atoms with Gasteiger partial charge in [-0.25, -0.2) is 0 Å². The molecule has 5 heteroatoms. The van der Waals surface area contributed by atoms with E-state index in [9.17, 15) is 4.21 Å². The van der Waals surface area contributed by atoms with E-state index < -0.39 is 10.8 Å². The molecule has 0 aromatic heterocycles. The standard InChI is InChI=1S/C10H22N2O2S/c1-12-5-6-14-10(9-12)8-11-4-3-7-15(2)13/h10-11H,3-9H2,1-2H3. The first kappa shape index (κ1) is 13.1. The van der Waals surface area contributed by atoms with Crippen LogP contribution in [0.1, 0.15) is 6.42 Å². The Morgan fingerprint density at radius 2 is 2.40 bits per heavy atom. The predicted octanol–water partition coefficient (Wildman–Crippen LogP) is -0.325. The van der Waals surface area contributed by atoms with E-state index in [1.807, 2.05) is 0 Å². The molecule has 0 bridgehead atoms. The van der Waals surface area contributed by atoms with Gasteiger partial charge in [0.15, 0.2) is 0 Å². The Bertz CT molecular complexity index is 202. The van der Waals surface area contributed by atoms with Gasteiger partial charge in [0.2, 0.25) is 0 Å². The zero-order valence-corrected chi connectivity index (χ0v) is 10.5. The second-order valence-electron chi connectivity index (χ2n) is 4.09. The molecule has 1 heterocycles. The van der Waals surface area contributed by atoms with Crippen molar-refractivity contribution in [3.05, 3.63) is 0 Å². The molecule has 2 atom stereocenters. The summed E-state index contributed by atoms with van der Waals surface area (Å²) in [6.07, 6.45) is 3.04. The van der Waals surface area contributed by atoms with Gasteiger partial charge in [-0.3, -0.25) is 4.21 Å². The first-order valence-electron chi connectivity index (χ1n) is 5.49. The van der Waals surface area contributed by atoms with Crippen molar-refractivity contribution in [3.8, 4) is 0 Å². The van der Waals surface area contributed by atoms with E-state index in [2.05, 4.69) is 17.3 Å². The molecule has 0 spiro atoms. The van der Waals surface area contributed by atoms with Gasteiger partial charge in [0.1, 0.15) is 0 Å². The molecule has 0 radical (unpaired) electrons. The van der Waals surface area contributed by atoms with Crippen molar-refractivity contribution in [2.24, 2.45) is 0 Å². The van der Waals surface area contributed by atoms with Gasteiger partial charge in [-0.05, 0) is 20.0 Å². The van der Waals surface area contributed by atoms with E-state index in [1.54, 1.807) is 6.26 Å². The Labute approximate surface area is 94.8 Å². The van der Waals surface area contributed by atoms with E-state index in [4.69, 9.17) is 4.74 Å². The fraction of sp³-hybridized carbons (Fsp3) is 1.00. The molecule has 1 aliphatic heterocycles. The summed E-state index contributed by atoms with van der Waals surface area (Å²) >= 11 is 0. The van der Waals surface area contributed by atoms with Crippen LogP contribution in [0.4, 0.5) is 0 Å². The largest absolute Gasteiger partial charge is 0.374 e. The summed E-state index contributed by atoms with van der Waals surface area (Å²) in [5.74, 6) is 0.790. The SMILES string of the molecule is CN1CCOC(CNCCCS(C)=O)C1. The minimum atomic E-state index is -0.659. The molecular formula is C10H22N2O2S. The van der Waals surface area contributed by atoms with Crippen molar-refractivity contribution < 1.29 is 8.95 Å². The minimum Gasteiger partial charge on any atom is -0.374 e. The highest BCUT2D eigenvalue weighted by Gasteiger charge is 2.16. The third-order valence-corrected chi connectivity index (χ3v) is 3.36. The lowest BCUT2D eigenvalue weighted by molar-refractivity contribution is -0.0179. The summed E-state index contributed by atoms with van der Waals surface area (Å²) in [5, 5.41) is 3.34. The average Bonchev–Trinajstić information content (AvgIpc) is 2.17. The van der Waals surface area contributed by atoms with E-state index in [1.165, 1.54) is 0 Å². The lowest BCUT2D eigenvalue weighted by atomic mass is 10.3. The molecule has 2 unspecified atom stereocenters.